The van der Waals surface area contributed by atoms with E-state index in [4.69, 9.17) is 4.74 Å². The van der Waals surface area contributed by atoms with Gasteiger partial charge in [0.2, 0.25) is 5.91 Å². The molecule has 0 spiro atoms. The fourth-order valence-electron chi connectivity index (χ4n) is 3.02. The molecule has 132 valence electrons. The quantitative estimate of drug-likeness (QED) is 0.806. The van der Waals surface area contributed by atoms with E-state index in [2.05, 4.69) is 21.7 Å². The van der Waals surface area contributed by atoms with Crippen molar-refractivity contribution < 1.29 is 9.53 Å². The van der Waals surface area contributed by atoms with E-state index in [0.717, 1.165) is 31.9 Å². The third kappa shape index (κ3) is 4.47. The normalized spacial score (nSPS) is 25.7. The first kappa shape index (κ1) is 17.2. The van der Waals surface area contributed by atoms with Crippen molar-refractivity contribution in [1.82, 2.24) is 15.6 Å². The molecule has 5 nitrogen and oxygen atoms in total. The van der Waals surface area contributed by atoms with E-state index in [1.807, 2.05) is 27.0 Å². The van der Waals surface area contributed by atoms with E-state index in [9.17, 15) is 4.79 Å². The Kier molecular flexibility index (Phi) is 5.09. The molecule has 1 aliphatic heterocycles. The van der Waals surface area contributed by atoms with Crippen LogP contribution in [0.2, 0.25) is 0 Å². The average Bonchev–Trinajstić information content (AvgIpc) is 3.24. The van der Waals surface area contributed by atoms with Gasteiger partial charge in [-0.25, -0.2) is 0 Å². The summed E-state index contributed by atoms with van der Waals surface area (Å²) in [5.41, 5.74) is 0.953. The van der Waals surface area contributed by atoms with Crippen LogP contribution in [-0.4, -0.2) is 36.6 Å². The highest BCUT2D eigenvalue weighted by Crippen LogP contribution is 2.49. The summed E-state index contributed by atoms with van der Waals surface area (Å²) in [7, 11) is 0. The highest BCUT2D eigenvalue weighted by Gasteiger charge is 2.38. The Balaban J connectivity index is 1.42. The molecular weight excluding hydrogens is 302 g/mol. The highest BCUT2D eigenvalue weighted by atomic mass is 16.5. The average molecular weight is 331 g/mol. The molecule has 3 atom stereocenters. The molecule has 0 bridgehead atoms. The van der Waals surface area contributed by atoms with Crippen LogP contribution in [0.15, 0.2) is 18.5 Å². The first-order valence-corrected chi connectivity index (χ1v) is 9.03. The fourth-order valence-corrected chi connectivity index (χ4v) is 3.02. The van der Waals surface area contributed by atoms with Gasteiger partial charge in [-0.2, -0.15) is 0 Å². The van der Waals surface area contributed by atoms with Crippen molar-refractivity contribution in [1.29, 1.82) is 0 Å². The summed E-state index contributed by atoms with van der Waals surface area (Å²) >= 11 is 0. The predicted molar refractivity (Wildman–Crippen MR) is 94.1 cm³/mol. The second kappa shape index (κ2) is 7.09. The van der Waals surface area contributed by atoms with Crippen LogP contribution < -0.4 is 15.4 Å². The maximum Gasteiger partial charge on any atom is 0.225 e. The van der Waals surface area contributed by atoms with E-state index >= 15 is 0 Å². The van der Waals surface area contributed by atoms with Crippen molar-refractivity contribution in [3.05, 3.63) is 24.0 Å². The summed E-state index contributed by atoms with van der Waals surface area (Å²) in [4.78, 5) is 16.2. The monoisotopic (exact) mass is 331 g/mol. The van der Waals surface area contributed by atoms with Gasteiger partial charge in [0.25, 0.3) is 0 Å². The summed E-state index contributed by atoms with van der Waals surface area (Å²) in [5.74, 6) is 2.21. The zero-order valence-corrected chi connectivity index (χ0v) is 15.0. The number of hydrogen-bond donors (Lipinski definition) is 2. The van der Waals surface area contributed by atoms with Gasteiger partial charge in [-0.1, -0.05) is 20.8 Å². The lowest BCUT2D eigenvalue weighted by Crippen LogP contribution is -2.46. The zero-order chi connectivity index (χ0) is 17.2. The molecule has 1 aliphatic carbocycles. The summed E-state index contributed by atoms with van der Waals surface area (Å²) in [6.45, 7) is 8.41. The van der Waals surface area contributed by atoms with Gasteiger partial charge in [0.1, 0.15) is 12.4 Å². The number of carbonyl (C=O) groups is 1. The van der Waals surface area contributed by atoms with Crippen LogP contribution in [0.1, 0.15) is 51.5 Å². The lowest BCUT2D eigenvalue weighted by Gasteiger charge is -2.27. The zero-order valence-electron chi connectivity index (χ0n) is 15.0. The van der Waals surface area contributed by atoms with Crippen molar-refractivity contribution >= 4 is 5.91 Å². The number of nitrogens with one attached hydrogen (secondary N) is 2. The van der Waals surface area contributed by atoms with Crippen LogP contribution in [0.3, 0.4) is 0 Å². The number of nitrogens with zero attached hydrogens (tertiary/aromatic N) is 1. The molecule has 5 heteroatoms. The maximum absolute atomic E-state index is 11.9. The molecule has 24 heavy (non-hydrogen) atoms. The Bertz CT molecular complexity index is 578. The first-order valence-electron chi connectivity index (χ1n) is 9.03. The number of rotatable bonds is 7. The lowest BCUT2D eigenvalue weighted by molar-refractivity contribution is -0.128. The molecule has 3 unspecified atom stereocenters. The van der Waals surface area contributed by atoms with E-state index in [1.165, 1.54) is 18.4 Å². The predicted octanol–water partition coefficient (Wildman–Crippen LogP) is 2.48. The molecule has 1 aromatic heterocycles. The summed E-state index contributed by atoms with van der Waals surface area (Å²) in [6.07, 6.45) is 7.15. The Morgan fingerprint density at radius 2 is 2.21 bits per heavy atom. The maximum atomic E-state index is 11.9. The first-order chi connectivity index (χ1) is 11.4. The summed E-state index contributed by atoms with van der Waals surface area (Å²) < 4.78 is 5.83. The summed E-state index contributed by atoms with van der Waals surface area (Å²) in [6, 6.07) is 2.62. The van der Waals surface area contributed by atoms with Crippen molar-refractivity contribution in [3.63, 3.8) is 0 Å². The molecule has 0 aromatic carbocycles. The second-order valence-electron chi connectivity index (χ2n) is 8.10. The van der Waals surface area contributed by atoms with Crippen LogP contribution in [-0.2, 0) is 4.79 Å². The molecule has 1 saturated heterocycles. The van der Waals surface area contributed by atoms with E-state index in [0.29, 0.717) is 17.9 Å². The van der Waals surface area contributed by atoms with Crippen LogP contribution in [0, 0.1) is 11.3 Å². The molecule has 2 aliphatic rings. The van der Waals surface area contributed by atoms with Crippen molar-refractivity contribution in [2.24, 2.45) is 11.3 Å². The third-order valence-corrected chi connectivity index (χ3v) is 4.94. The standard InChI is InChI=1S/C19H29N3O2/c1-19(2,3)18(23)22-6-4-13-9-17(13)14-8-16(11-20-10-14)24-12-15-5-7-21-15/h8,10-11,13,15,17,21H,4-7,9,12H2,1-3H3,(H,22,23). The van der Waals surface area contributed by atoms with Gasteiger partial charge in [-0.3, -0.25) is 9.78 Å². The topological polar surface area (TPSA) is 63.2 Å². The van der Waals surface area contributed by atoms with Crippen molar-refractivity contribution in [2.75, 3.05) is 19.7 Å². The number of aromatic nitrogens is 1. The van der Waals surface area contributed by atoms with Gasteiger partial charge in [0.15, 0.2) is 0 Å². The van der Waals surface area contributed by atoms with Gasteiger partial charge >= 0.3 is 0 Å². The van der Waals surface area contributed by atoms with Gasteiger partial charge in [0.05, 0.1) is 6.20 Å². The van der Waals surface area contributed by atoms with Crippen LogP contribution >= 0.6 is 0 Å². The van der Waals surface area contributed by atoms with E-state index in [1.54, 1.807) is 6.20 Å². The lowest BCUT2D eigenvalue weighted by atomic mass is 9.95. The largest absolute Gasteiger partial charge is 0.490 e. The Labute approximate surface area is 144 Å². The molecule has 1 aromatic rings. The van der Waals surface area contributed by atoms with Gasteiger partial charge < -0.3 is 15.4 Å². The van der Waals surface area contributed by atoms with Gasteiger partial charge in [0, 0.05) is 24.2 Å². The molecule has 1 amide bonds. The minimum Gasteiger partial charge on any atom is -0.490 e. The summed E-state index contributed by atoms with van der Waals surface area (Å²) in [5, 5.41) is 6.37. The molecule has 2 fully saturated rings. The number of amides is 1. The molecule has 1 saturated carbocycles. The van der Waals surface area contributed by atoms with Crippen molar-refractivity contribution in [2.45, 2.75) is 52.0 Å². The Morgan fingerprint density at radius 3 is 2.88 bits per heavy atom. The smallest absolute Gasteiger partial charge is 0.225 e. The molecule has 3 rings (SSSR count). The van der Waals surface area contributed by atoms with E-state index in [-0.39, 0.29) is 11.3 Å². The van der Waals surface area contributed by atoms with Crippen LogP contribution in [0.25, 0.3) is 0 Å². The SMILES string of the molecule is CC(C)(C)C(=O)NCCC1CC1c1cncc(OCC2CCN2)c1. The fraction of sp³-hybridized carbons (Fsp3) is 0.684. The molecule has 2 heterocycles. The van der Waals surface area contributed by atoms with Gasteiger partial charge in [-0.05, 0) is 49.3 Å². The molecular formula is C19H29N3O2. The van der Waals surface area contributed by atoms with Crippen molar-refractivity contribution in [3.8, 4) is 5.75 Å². The number of pyridine rings is 1. The third-order valence-electron chi connectivity index (χ3n) is 4.94. The number of carbonyl (C=O) groups excluding carboxylic acids is 1. The van der Waals surface area contributed by atoms with E-state index < -0.39 is 0 Å². The molecule has 2 N–H and O–H groups in total. The van der Waals surface area contributed by atoms with Crippen LogP contribution in [0.5, 0.6) is 5.75 Å². The number of hydrogen-bond acceptors (Lipinski definition) is 4. The minimum absolute atomic E-state index is 0.126. The Hall–Kier alpha value is -1.62. The Morgan fingerprint density at radius 1 is 1.42 bits per heavy atom. The molecule has 0 radical (unpaired) electrons. The second-order valence-corrected chi connectivity index (χ2v) is 8.10. The van der Waals surface area contributed by atoms with Gasteiger partial charge in [-0.15, -0.1) is 0 Å². The highest BCUT2D eigenvalue weighted by molar-refractivity contribution is 5.81. The van der Waals surface area contributed by atoms with Crippen LogP contribution in [0.4, 0.5) is 0 Å². The number of ether oxygens (including phenoxy) is 1. The minimum atomic E-state index is -0.312.